The molecule has 2 N–H and O–H groups in total. The molecule has 0 aliphatic carbocycles. The number of hydrogen-bond donors (Lipinski definition) is 2. The fourth-order valence-corrected chi connectivity index (χ4v) is 3.58. The van der Waals surface area contributed by atoms with Crippen LogP contribution in [0.1, 0.15) is 37.6 Å². The summed E-state index contributed by atoms with van der Waals surface area (Å²) >= 11 is 1.57. The van der Waals surface area contributed by atoms with Gasteiger partial charge in [-0.3, -0.25) is 14.9 Å². The molecule has 10 nitrogen and oxygen atoms in total. The molecular formula is C20H25N7O3S. The van der Waals surface area contributed by atoms with E-state index in [0.29, 0.717) is 29.1 Å². The van der Waals surface area contributed by atoms with Gasteiger partial charge >= 0.3 is 0 Å². The van der Waals surface area contributed by atoms with Gasteiger partial charge in [-0.2, -0.15) is 5.10 Å². The zero-order valence-corrected chi connectivity index (χ0v) is 18.5. The number of aromatic nitrogens is 4. The minimum atomic E-state index is -0.525. The number of nitro benzene ring substituents is 1. The molecule has 0 bridgehead atoms. The Bertz CT molecular complexity index is 1080. The Balaban J connectivity index is 1.74. The summed E-state index contributed by atoms with van der Waals surface area (Å²) in [6.07, 6.45) is 2.69. The van der Waals surface area contributed by atoms with Crippen LogP contribution < -0.4 is 10.6 Å². The summed E-state index contributed by atoms with van der Waals surface area (Å²) in [6, 6.07) is 5.64. The molecule has 0 spiro atoms. The van der Waals surface area contributed by atoms with Gasteiger partial charge in [-0.25, -0.2) is 14.6 Å². The number of fused-ring (bicyclic) bond motifs is 1. The highest BCUT2D eigenvalue weighted by Crippen LogP contribution is 2.26. The highest BCUT2D eigenvalue weighted by Gasteiger charge is 2.15. The van der Waals surface area contributed by atoms with Crippen molar-refractivity contribution in [3.8, 4) is 0 Å². The van der Waals surface area contributed by atoms with Gasteiger partial charge in [-0.05, 0) is 12.5 Å². The van der Waals surface area contributed by atoms with Gasteiger partial charge in [0, 0.05) is 36.0 Å². The van der Waals surface area contributed by atoms with Crippen LogP contribution in [-0.2, 0) is 6.54 Å². The maximum Gasteiger partial charge on any atom is 0.270 e. The molecular weight excluding hydrogens is 418 g/mol. The van der Waals surface area contributed by atoms with Crippen molar-refractivity contribution >= 4 is 40.2 Å². The molecule has 0 saturated carbocycles. The number of amides is 1. The third kappa shape index (κ3) is 5.69. The first-order chi connectivity index (χ1) is 14.9. The molecule has 0 radical (unpaired) electrons. The Hall–Kier alpha value is -3.21. The summed E-state index contributed by atoms with van der Waals surface area (Å²) in [5, 5.41) is 23.3. The molecule has 11 heteroatoms. The Morgan fingerprint density at radius 3 is 2.81 bits per heavy atom. The van der Waals surface area contributed by atoms with Gasteiger partial charge in [-0.1, -0.05) is 38.6 Å². The van der Waals surface area contributed by atoms with E-state index in [1.807, 2.05) is 0 Å². The second-order valence-corrected chi connectivity index (χ2v) is 8.66. The van der Waals surface area contributed by atoms with E-state index in [1.165, 1.54) is 18.2 Å². The van der Waals surface area contributed by atoms with E-state index >= 15 is 0 Å². The molecule has 2 aromatic heterocycles. The standard InChI is InChI=1S/C20H25N7O3S/c1-4-8-21-17-16-12-23-26(18(16)25-20(24-17)31-13(2)3)10-9-22-19(28)14-6-5-7-15(11-14)27(29)30/h5-7,11-13H,4,8-10H2,1-3H3,(H,22,28)(H,21,24,25). The molecule has 2 heterocycles. The Morgan fingerprint density at radius 2 is 2.10 bits per heavy atom. The zero-order chi connectivity index (χ0) is 22.4. The summed E-state index contributed by atoms with van der Waals surface area (Å²) in [5.41, 5.74) is 0.814. The normalized spacial score (nSPS) is 11.1. The first-order valence-corrected chi connectivity index (χ1v) is 10.9. The van der Waals surface area contributed by atoms with Gasteiger partial charge in [0.25, 0.3) is 11.6 Å². The Labute approximate surface area is 184 Å². The second-order valence-electron chi connectivity index (χ2n) is 7.12. The number of benzene rings is 1. The van der Waals surface area contributed by atoms with Crippen molar-refractivity contribution in [2.45, 2.75) is 44.1 Å². The topological polar surface area (TPSA) is 128 Å². The van der Waals surface area contributed by atoms with Crippen molar-refractivity contribution in [2.24, 2.45) is 0 Å². The van der Waals surface area contributed by atoms with Gasteiger partial charge in [0.15, 0.2) is 10.8 Å². The fraction of sp³-hybridized carbons (Fsp3) is 0.400. The molecule has 164 valence electrons. The molecule has 3 aromatic rings. The molecule has 0 aliphatic rings. The smallest absolute Gasteiger partial charge is 0.270 e. The summed E-state index contributed by atoms with van der Waals surface area (Å²) in [6.45, 7) is 7.74. The van der Waals surface area contributed by atoms with Gasteiger partial charge < -0.3 is 10.6 Å². The molecule has 31 heavy (non-hydrogen) atoms. The highest BCUT2D eigenvalue weighted by molar-refractivity contribution is 7.99. The van der Waals surface area contributed by atoms with Crippen LogP contribution in [0.4, 0.5) is 11.5 Å². The van der Waals surface area contributed by atoms with Crippen molar-refractivity contribution < 1.29 is 9.72 Å². The molecule has 0 fully saturated rings. The van der Waals surface area contributed by atoms with E-state index < -0.39 is 4.92 Å². The average Bonchev–Trinajstić information content (AvgIpc) is 3.14. The molecule has 3 rings (SSSR count). The number of thioether (sulfide) groups is 1. The number of hydrogen-bond acceptors (Lipinski definition) is 8. The number of nitro groups is 1. The van der Waals surface area contributed by atoms with Crippen molar-refractivity contribution in [1.82, 2.24) is 25.1 Å². The van der Waals surface area contributed by atoms with E-state index in [9.17, 15) is 14.9 Å². The van der Waals surface area contributed by atoms with Crippen LogP contribution in [0.25, 0.3) is 11.0 Å². The van der Waals surface area contributed by atoms with Crippen LogP contribution in [0.15, 0.2) is 35.6 Å². The van der Waals surface area contributed by atoms with E-state index in [1.54, 1.807) is 28.7 Å². The van der Waals surface area contributed by atoms with E-state index in [-0.39, 0.29) is 17.2 Å². The number of carbonyl (C=O) groups excluding carboxylic acids is 1. The van der Waals surface area contributed by atoms with Crippen molar-refractivity contribution in [3.05, 3.63) is 46.1 Å². The number of carbonyl (C=O) groups is 1. The number of anilines is 1. The summed E-state index contributed by atoms with van der Waals surface area (Å²) in [5.74, 6) is 0.373. The number of nitrogens with one attached hydrogen (secondary N) is 2. The predicted octanol–water partition coefficient (Wildman–Crippen LogP) is 3.49. The van der Waals surface area contributed by atoms with Gasteiger partial charge in [0.2, 0.25) is 0 Å². The monoisotopic (exact) mass is 443 g/mol. The van der Waals surface area contributed by atoms with E-state index in [2.05, 4.69) is 46.5 Å². The van der Waals surface area contributed by atoms with E-state index in [0.717, 1.165) is 24.2 Å². The second kappa shape index (κ2) is 10.2. The Kier molecular flexibility index (Phi) is 7.40. The minimum absolute atomic E-state index is 0.121. The lowest BCUT2D eigenvalue weighted by Crippen LogP contribution is -2.27. The Morgan fingerprint density at radius 1 is 1.29 bits per heavy atom. The quantitative estimate of drug-likeness (QED) is 0.211. The number of rotatable bonds is 10. The molecule has 0 unspecified atom stereocenters. The predicted molar refractivity (Wildman–Crippen MR) is 121 cm³/mol. The van der Waals surface area contributed by atoms with Gasteiger partial charge in [0.05, 0.1) is 23.1 Å². The zero-order valence-electron chi connectivity index (χ0n) is 17.7. The van der Waals surface area contributed by atoms with Crippen LogP contribution in [0, 0.1) is 10.1 Å². The largest absolute Gasteiger partial charge is 0.369 e. The van der Waals surface area contributed by atoms with E-state index in [4.69, 9.17) is 0 Å². The fourth-order valence-electron chi connectivity index (χ4n) is 2.88. The maximum atomic E-state index is 12.4. The van der Waals surface area contributed by atoms with Gasteiger partial charge in [-0.15, -0.1) is 0 Å². The minimum Gasteiger partial charge on any atom is -0.369 e. The van der Waals surface area contributed by atoms with Gasteiger partial charge in [0.1, 0.15) is 5.82 Å². The summed E-state index contributed by atoms with van der Waals surface area (Å²) in [4.78, 5) is 32.0. The molecule has 0 saturated heterocycles. The summed E-state index contributed by atoms with van der Waals surface area (Å²) in [7, 11) is 0. The van der Waals surface area contributed by atoms with Crippen LogP contribution in [0.5, 0.6) is 0 Å². The number of nitrogens with zero attached hydrogens (tertiary/aromatic N) is 5. The molecule has 0 aliphatic heterocycles. The molecule has 1 amide bonds. The van der Waals surface area contributed by atoms with Crippen LogP contribution in [0.3, 0.4) is 0 Å². The molecule has 0 atom stereocenters. The third-order valence-corrected chi connectivity index (χ3v) is 5.15. The number of non-ortho nitro benzene ring substituents is 1. The highest BCUT2D eigenvalue weighted by atomic mass is 32.2. The van der Waals surface area contributed by atoms with Crippen molar-refractivity contribution in [3.63, 3.8) is 0 Å². The van der Waals surface area contributed by atoms with Crippen LogP contribution >= 0.6 is 11.8 Å². The summed E-state index contributed by atoms with van der Waals surface area (Å²) < 4.78 is 1.73. The van der Waals surface area contributed by atoms with Crippen LogP contribution in [-0.4, -0.2) is 48.9 Å². The lowest BCUT2D eigenvalue weighted by molar-refractivity contribution is -0.384. The first-order valence-electron chi connectivity index (χ1n) is 10.1. The lowest BCUT2D eigenvalue weighted by Gasteiger charge is -2.10. The third-order valence-electron chi connectivity index (χ3n) is 4.29. The van der Waals surface area contributed by atoms with Crippen LogP contribution in [0.2, 0.25) is 0 Å². The molecule has 1 aromatic carbocycles. The first kappa shape index (κ1) is 22.5. The SMILES string of the molecule is CCCNc1nc(SC(C)C)nc2c1cnn2CCNC(=O)c1cccc([N+](=O)[O-])c1. The van der Waals surface area contributed by atoms with Crippen molar-refractivity contribution in [1.29, 1.82) is 0 Å². The lowest BCUT2D eigenvalue weighted by atomic mass is 10.2. The average molecular weight is 444 g/mol. The maximum absolute atomic E-state index is 12.4. The van der Waals surface area contributed by atoms with Crippen molar-refractivity contribution in [2.75, 3.05) is 18.4 Å².